The number of halogens is 1. The summed E-state index contributed by atoms with van der Waals surface area (Å²) in [5, 5.41) is 2.83. The summed E-state index contributed by atoms with van der Waals surface area (Å²) >= 11 is 2.22. The smallest absolute Gasteiger partial charge is 0.251 e. The van der Waals surface area contributed by atoms with Gasteiger partial charge in [-0.15, -0.1) is 0 Å². The van der Waals surface area contributed by atoms with E-state index < -0.39 is 0 Å². The molecule has 1 aromatic carbocycles. The van der Waals surface area contributed by atoms with Crippen LogP contribution in [0, 0.1) is 10.5 Å². The Morgan fingerprint density at radius 3 is 2.80 bits per heavy atom. The summed E-state index contributed by atoms with van der Waals surface area (Å²) in [6, 6.07) is 5.67. The van der Waals surface area contributed by atoms with Gasteiger partial charge in [0.25, 0.3) is 5.91 Å². The number of carbonyl (C=O) groups excluding carboxylic acids is 1. The number of carbonyl (C=O) groups is 1. The van der Waals surface area contributed by atoms with E-state index in [2.05, 4.69) is 27.9 Å². The first-order valence-corrected chi connectivity index (χ1v) is 5.89. The molecular weight excluding hydrogens is 303 g/mol. The zero-order chi connectivity index (χ0) is 11.4. The number of amides is 1. The van der Waals surface area contributed by atoms with E-state index in [1.54, 1.807) is 0 Å². The predicted molar refractivity (Wildman–Crippen MR) is 69.9 cm³/mol. The van der Waals surface area contributed by atoms with Gasteiger partial charge in [0.1, 0.15) is 0 Å². The summed E-state index contributed by atoms with van der Waals surface area (Å²) in [7, 11) is 0. The average molecular weight is 318 g/mol. The van der Waals surface area contributed by atoms with E-state index in [4.69, 9.17) is 5.73 Å². The largest absolute Gasteiger partial charge is 0.348 e. The Hall–Kier alpha value is -0.620. The van der Waals surface area contributed by atoms with Crippen LogP contribution in [0.5, 0.6) is 0 Å². The van der Waals surface area contributed by atoms with Gasteiger partial charge in [-0.2, -0.15) is 0 Å². The van der Waals surface area contributed by atoms with Gasteiger partial charge < -0.3 is 11.1 Å². The molecule has 0 unspecified atom stereocenters. The lowest BCUT2D eigenvalue weighted by atomic mass is 10.1. The van der Waals surface area contributed by atoms with E-state index in [0.717, 1.165) is 3.57 Å². The van der Waals surface area contributed by atoms with Crippen molar-refractivity contribution in [2.24, 2.45) is 5.73 Å². The molecule has 0 saturated heterocycles. The molecule has 3 N–H and O–H groups in total. The lowest BCUT2D eigenvalue weighted by Gasteiger charge is -2.11. The van der Waals surface area contributed by atoms with E-state index in [9.17, 15) is 4.79 Å². The summed E-state index contributed by atoms with van der Waals surface area (Å²) in [5.41, 5.74) is 7.30. The normalized spacial score (nSPS) is 12.3. The van der Waals surface area contributed by atoms with Crippen molar-refractivity contribution < 1.29 is 4.79 Å². The number of aryl methyl sites for hydroxylation is 1. The second-order valence-corrected chi connectivity index (χ2v) is 4.74. The Morgan fingerprint density at radius 2 is 2.27 bits per heavy atom. The molecule has 15 heavy (non-hydrogen) atoms. The quantitative estimate of drug-likeness (QED) is 0.833. The highest BCUT2D eigenvalue weighted by molar-refractivity contribution is 14.1. The van der Waals surface area contributed by atoms with Crippen molar-refractivity contribution in [3.63, 3.8) is 0 Å². The zero-order valence-electron chi connectivity index (χ0n) is 8.88. The molecular formula is C11H15IN2O. The third-order valence-electron chi connectivity index (χ3n) is 2.17. The molecule has 1 rings (SSSR count). The lowest BCUT2D eigenvalue weighted by Crippen LogP contribution is -2.37. The van der Waals surface area contributed by atoms with Crippen LogP contribution in [0.4, 0.5) is 0 Å². The van der Waals surface area contributed by atoms with Crippen molar-refractivity contribution in [1.29, 1.82) is 0 Å². The van der Waals surface area contributed by atoms with Gasteiger partial charge in [0.05, 0.1) is 0 Å². The van der Waals surface area contributed by atoms with Crippen molar-refractivity contribution in [2.45, 2.75) is 19.9 Å². The third-order valence-corrected chi connectivity index (χ3v) is 3.33. The minimum atomic E-state index is -0.0640. The van der Waals surface area contributed by atoms with Crippen molar-refractivity contribution in [2.75, 3.05) is 6.54 Å². The number of hydrogen-bond donors (Lipinski definition) is 2. The Labute approximate surface area is 104 Å². The summed E-state index contributed by atoms with van der Waals surface area (Å²) in [6.45, 7) is 4.36. The van der Waals surface area contributed by atoms with Crippen LogP contribution in [0.3, 0.4) is 0 Å². The summed E-state index contributed by atoms with van der Waals surface area (Å²) in [4.78, 5) is 11.7. The molecule has 1 atom stereocenters. The van der Waals surface area contributed by atoms with E-state index in [1.807, 2.05) is 32.0 Å². The van der Waals surface area contributed by atoms with Gasteiger partial charge in [-0.1, -0.05) is 6.07 Å². The Morgan fingerprint density at radius 1 is 1.60 bits per heavy atom. The minimum Gasteiger partial charge on any atom is -0.348 e. The zero-order valence-corrected chi connectivity index (χ0v) is 11.0. The molecule has 0 fully saturated rings. The Kier molecular flexibility index (Phi) is 4.53. The fourth-order valence-corrected chi connectivity index (χ4v) is 1.62. The first kappa shape index (κ1) is 12.4. The SMILES string of the molecule is Cc1ccc(C(=O)N[C@@H](C)CN)cc1I. The fourth-order valence-electron chi connectivity index (χ4n) is 1.10. The van der Waals surface area contributed by atoms with Gasteiger partial charge in [-0.3, -0.25) is 4.79 Å². The molecule has 0 spiro atoms. The molecule has 0 aliphatic carbocycles. The molecule has 0 heterocycles. The standard InChI is InChI=1S/C11H15IN2O/c1-7-3-4-9(5-10(7)12)11(15)14-8(2)6-13/h3-5,8H,6,13H2,1-2H3,(H,14,15)/t8-/m0/s1. The van der Waals surface area contributed by atoms with Crippen molar-refractivity contribution >= 4 is 28.5 Å². The number of nitrogens with one attached hydrogen (secondary N) is 1. The first-order valence-electron chi connectivity index (χ1n) is 4.81. The third kappa shape index (κ3) is 3.46. The average Bonchev–Trinajstić information content (AvgIpc) is 2.21. The highest BCUT2D eigenvalue weighted by atomic mass is 127. The van der Waals surface area contributed by atoms with E-state index in [1.165, 1.54) is 5.56 Å². The van der Waals surface area contributed by atoms with Crippen LogP contribution >= 0.6 is 22.6 Å². The van der Waals surface area contributed by atoms with E-state index in [0.29, 0.717) is 12.1 Å². The van der Waals surface area contributed by atoms with Gasteiger partial charge in [-0.25, -0.2) is 0 Å². The Bertz CT molecular complexity index is 366. The van der Waals surface area contributed by atoms with E-state index in [-0.39, 0.29) is 11.9 Å². The van der Waals surface area contributed by atoms with Gasteiger partial charge in [0.2, 0.25) is 0 Å². The molecule has 1 amide bonds. The topological polar surface area (TPSA) is 55.1 Å². The molecule has 82 valence electrons. The number of benzene rings is 1. The van der Waals surface area contributed by atoms with Crippen LogP contribution in [0.15, 0.2) is 18.2 Å². The maximum atomic E-state index is 11.7. The molecule has 4 heteroatoms. The van der Waals surface area contributed by atoms with Crippen molar-refractivity contribution in [1.82, 2.24) is 5.32 Å². The Balaban J connectivity index is 2.78. The highest BCUT2D eigenvalue weighted by Crippen LogP contribution is 2.13. The maximum absolute atomic E-state index is 11.7. The number of hydrogen-bond acceptors (Lipinski definition) is 2. The van der Waals surface area contributed by atoms with Crippen LogP contribution in [-0.2, 0) is 0 Å². The fraction of sp³-hybridized carbons (Fsp3) is 0.364. The van der Waals surface area contributed by atoms with E-state index >= 15 is 0 Å². The minimum absolute atomic E-state index is 0.0106. The second kappa shape index (κ2) is 5.46. The number of nitrogens with two attached hydrogens (primary N) is 1. The molecule has 0 saturated carbocycles. The van der Waals surface area contributed by atoms with Crippen LogP contribution in [0.1, 0.15) is 22.8 Å². The first-order chi connectivity index (χ1) is 7.04. The highest BCUT2D eigenvalue weighted by Gasteiger charge is 2.09. The molecule has 0 bridgehead atoms. The van der Waals surface area contributed by atoms with Gasteiger partial charge >= 0.3 is 0 Å². The van der Waals surface area contributed by atoms with Crippen LogP contribution in [0.2, 0.25) is 0 Å². The number of rotatable bonds is 3. The van der Waals surface area contributed by atoms with Crippen LogP contribution in [0.25, 0.3) is 0 Å². The molecule has 1 aromatic rings. The van der Waals surface area contributed by atoms with Crippen molar-refractivity contribution in [3.8, 4) is 0 Å². The van der Waals surface area contributed by atoms with Gasteiger partial charge in [-0.05, 0) is 54.1 Å². The molecule has 3 nitrogen and oxygen atoms in total. The predicted octanol–water partition coefficient (Wildman–Crippen LogP) is 1.68. The second-order valence-electron chi connectivity index (χ2n) is 3.57. The van der Waals surface area contributed by atoms with Crippen LogP contribution < -0.4 is 11.1 Å². The summed E-state index contributed by atoms with van der Waals surface area (Å²) in [5.74, 6) is -0.0640. The van der Waals surface area contributed by atoms with Crippen LogP contribution in [-0.4, -0.2) is 18.5 Å². The summed E-state index contributed by atoms with van der Waals surface area (Å²) in [6.07, 6.45) is 0. The molecule has 0 aliphatic heterocycles. The summed E-state index contributed by atoms with van der Waals surface area (Å²) < 4.78 is 1.10. The van der Waals surface area contributed by atoms with Gasteiger partial charge in [0, 0.05) is 21.7 Å². The van der Waals surface area contributed by atoms with Gasteiger partial charge in [0.15, 0.2) is 0 Å². The molecule has 0 radical (unpaired) electrons. The molecule has 0 aliphatic rings. The van der Waals surface area contributed by atoms with Crippen molar-refractivity contribution in [3.05, 3.63) is 32.9 Å². The maximum Gasteiger partial charge on any atom is 0.251 e. The lowest BCUT2D eigenvalue weighted by molar-refractivity contribution is 0.0941. The molecule has 0 aromatic heterocycles. The monoisotopic (exact) mass is 318 g/mol.